The van der Waals surface area contributed by atoms with Crippen molar-refractivity contribution in [2.24, 2.45) is 5.73 Å². The maximum atomic E-state index is 13.3. The standard InChI is InChI=1S/C11H14FNO3/c1-2-16-11(15)10(13)5-7-3-4-8(14)6-9(7)12/h3-4,6,10,14H,2,5,13H2,1H3. The summed E-state index contributed by atoms with van der Waals surface area (Å²) in [6.45, 7) is 1.91. The lowest BCUT2D eigenvalue weighted by atomic mass is 10.1. The van der Waals surface area contributed by atoms with Gasteiger partial charge in [0.25, 0.3) is 0 Å². The number of hydrogen-bond acceptors (Lipinski definition) is 4. The van der Waals surface area contributed by atoms with Crippen molar-refractivity contribution >= 4 is 5.97 Å². The molecule has 3 N–H and O–H groups in total. The van der Waals surface area contributed by atoms with Crippen LogP contribution in [0.15, 0.2) is 18.2 Å². The Morgan fingerprint density at radius 2 is 2.31 bits per heavy atom. The van der Waals surface area contributed by atoms with Crippen molar-refractivity contribution in [2.45, 2.75) is 19.4 Å². The zero-order chi connectivity index (χ0) is 12.1. The molecule has 0 amide bonds. The fourth-order valence-electron chi connectivity index (χ4n) is 1.27. The van der Waals surface area contributed by atoms with Crippen molar-refractivity contribution in [3.8, 4) is 5.75 Å². The fraction of sp³-hybridized carbons (Fsp3) is 0.364. The van der Waals surface area contributed by atoms with Crippen molar-refractivity contribution in [3.63, 3.8) is 0 Å². The third kappa shape index (κ3) is 3.20. The minimum atomic E-state index is -0.890. The van der Waals surface area contributed by atoms with E-state index < -0.39 is 17.8 Å². The number of carbonyl (C=O) groups is 1. The molecule has 1 aromatic carbocycles. The molecular formula is C11H14FNO3. The summed E-state index contributed by atoms with van der Waals surface area (Å²) in [5, 5.41) is 9.00. The molecule has 0 aliphatic carbocycles. The summed E-state index contributed by atoms with van der Waals surface area (Å²) >= 11 is 0. The van der Waals surface area contributed by atoms with Gasteiger partial charge in [0.2, 0.25) is 0 Å². The SMILES string of the molecule is CCOC(=O)C(N)Cc1ccc(O)cc1F. The minimum absolute atomic E-state index is 0.0466. The van der Waals surface area contributed by atoms with Crippen LogP contribution in [0.25, 0.3) is 0 Å². The predicted octanol–water partition coefficient (Wildman–Crippen LogP) is 0.964. The second kappa shape index (κ2) is 5.46. The zero-order valence-corrected chi connectivity index (χ0v) is 8.94. The first-order valence-electron chi connectivity index (χ1n) is 4.94. The zero-order valence-electron chi connectivity index (χ0n) is 8.94. The van der Waals surface area contributed by atoms with E-state index in [4.69, 9.17) is 15.6 Å². The molecule has 1 aromatic rings. The number of ether oxygens (including phenoxy) is 1. The van der Waals surface area contributed by atoms with Gasteiger partial charge in [-0.1, -0.05) is 6.07 Å². The normalized spacial score (nSPS) is 12.2. The van der Waals surface area contributed by atoms with E-state index in [2.05, 4.69) is 0 Å². The van der Waals surface area contributed by atoms with Gasteiger partial charge in [-0.15, -0.1) is 0 Å². The molecule has 0 aromatic heterocycles. The van der Waals surface area contributed by atoms with Crippen LogP contribution in [-0.2, 0) is 16.0 Å². The van der Waals surface area contributed by atoms with Gasteiger partial charge >= 0.3 is 5.97 Å². The third-order valence-corrected chi connectivity index (χ3v) is 2.07. The van der Waals surface area contributed by atoms with Crippen molar-refractivity contribution < 1.29 is 19.0 Å². The third-order valence-electron chi connectivity index (χ3n) is 2.07. The summed E-state index contributed by atoms with van der Waals surface area (Å²) in [7, 11) is 0. The Hall–Kier alpha value is -1.62. The molecule has 0 fully saturated rings. The first-order chi connectivity index (χ1) is 7.54. The maximum absolute atomic E-state index is 13.3. The minimum Gasteiger partial charge on any atom is -0.508 e. The highest BCUT2D eigenvalue weighted by molar-refractivity contribution is 5.75. The fourth-order valence-corrected chi connectivity index (χ4v) is 1.27. The average Bonchev–Trinajstić information content (AvgIpc) is 2.22. The highest BCUT2D eigenvalue weighted by Crippen LogP contribution is 2.16. The lowest BCUT2D eigenvalue weighted by molar-refractivity contribution is -0.144. The molecule has 0 spiro atoms. The van der Waals surface area contributed by atoms with Gasteiger partial charge in [0.15, 0.2) is 0 Å². The molecule has 0 aliphatic rings. The molecule has 0 saturated carbocycles. The number of aromatic hydroxyl groups is 1. The summed E-state index contributed by atoms with van der Waals surface area (Å²) in [5.41, 5.74) is 5.81. The second-order valence-corrected chi connectivity index (χ2v) is 3.34. The van der Waals surface area contributed by atoms with Crippen molar-refractivity contribution in [2.75, 3.05) is 6.61 Å². The molecule has 0 radical (unpaired) electrons. The first-order valence-corrected chi connectivity index (χ1v) is 4.94. The van der Waals surface area contributed by atoms with Crippen LogP contribution in [0.4, 0.5) is 4.39 Å². The van der Waals surface area contributed by atoms with Crippen molar-refractivity contribution in [1.29, 1.82) is 0 Å². The topological polar surface area (TPSA) is 72.5 Å². The molecule has 4 nitrogen and oxygen atoms in total. The Morgan fingerprint density at radius 3 is 2.88 bits per heavy atom. The van der Waals surface area contributed by atoms with Gasteiger partial charge in [0.05, 0.1) is 6.61 Å². The van der Waals surface area contributed by atoms with Gasteiger partial charge in [-0.2, -0.15) is 0 Å². The molecule has 1 atom stereocenters. The summed E-state index contributed by atoms with van der Waals surface area (Å²) in [5.74, 6) is -1.30. The highest BCUT2D eigenvalue weighted by atomic mass is 19.1. The van der Waals surface area contributed by atoms with E-state index in [1.807, 2.05) is 0 Å². The molecule has 0 saturated heterocycles. The largest absolute Gasteiger partial charge is 0.508 e. The van der Waals surface area contributed by atoms with Gasteiger partial charge in [-0.3, -0.25) is 4.79 Å². The smallest absolute Gasteiger partial charge is 0.323 e. The molecular weight excluding hydrogens is 213 g/mol. The number of carbonyl (C=O) groups excluding carboxylic acids is 1. The summed E-state index contributed by atoms with van der Waals surface area (Å²) in [4.78, 5) is 11.2. The molecule has 0 heterocycles. The summed E-state index contributed by atoms with van der Waals surface area (Å²) in [6, 6.07) is 2.83. The summed E-state index contributed by atoms with van der Waals surface area (Å²) < 4.78 is 18.0. The first kappa shape index (κ1) is 12.4. The van der Waals surface area contributed by atoms with Gasteiger partial charge < -0.3 is 15.6 Å². The van der Waals surface area contributed by atoms with E-state index in [-0.39, 0.29) is 24.3 Å². The molecule has 0 aliphatic heterocycles. The lowest BCUT2D eigenvalue weighted by Crippen LogP contribution is -2.34. The molecule has 5 heteroatoms. The van der Waals surface area contributed by atoms with Crippen LogP contribution in [-0.4, -0.2) is 23.7 Å². The number of rotatable bonds is 4. The number of hydrogen-bond donors (Lipinski definition) is 2. The van der Waals surface area contributed by atoms with Gasteiger partial charge in [-0.25, -0.2) is 4.39 Å². The van der Waals surface area contributed by atoms with E-state index in [0.717, 1.165) is 6.07 Å². The van der Waals surface area contributed by atoms with Crippen LogP contribution in [0.3, 0.4) is 0 Å². The lowest BCUT2D eigenvalue weighted by Gasteiger charge is -2.11. The number of phenolic OH excluding ortho intramolecular Hbond substituents is 1. The highest BCUT2D eigenvalue weighted by Gasteiger charge is 2.17. The molecule has 1 rings (SSSR count). The van der Waals surface area contributed by atoms with E-state index in [0.29, 0.717) is 0 Å². The Morgan fingerprint density at radius 1 is 1.62 bits per heavy atom. The Bertz CT molecular complexity index is 381. The number of esters is 1. The van der Waals surface area contributed by atoms with Gasteiger partial charge in [0, 0.05) is 12.5 Å². The van der Waals surface area contributed by atoms with Crippen LogP contribution in [0, 0.1) is 5.82 Å². The Labute approximate surface area is 92.8 Å². The van der Waals surface area contributed by atoms with E-state index in [1.165, 1.54) is 12.1 Å². The van der Waals surface area contributed by atoms with Crippen LogP contribution >= 0.6 is 0 Å². The average molecular weight is 227 g/mol. The van der Waals surface area contributed by atoms with E-state index >= 15 is 0 Å². The van der Waals surface area contributed by atoms with Crippen molar-refractivity contribution in [1.82, 2.24) is 0 Å². The maximum Gasteiger partial charge on any atom is 0.323 e. The van der Waals surface area contributed by atoms with Crippen molar-refractivity contribution in [3.05, 3.63) is 29.6 Å². The molecule has 16 heavy (non-hydrogen) atoms. The number of phenols is 1. The Kier molecular flexibility index (Phi) is 4.25. The van der Waals surface area contributed by atoms with Gasteiger partial charge in [-0.05, 0) is 18.6 Å². The quantitative estimate of drug-likeness (QED) is 0.751. The number of nitrogens with two attached hydrogens (primary N) is 1. The van der Waals surface area contributed by atoms with Crippen LogP contribution in [0.2, 0.25) is 0 Å². The molecule has 0 bridgehead atoms. The van der Waals surface area contributed by atoms with Crippen LogP contribution < -0.4 is 5.73 Å². The van der Waals surface area contributed by atoms with Gasteiger partial charge in [0.1, 0.15) is 17.6 Å². The Balaban J connectivity index is 2.69. The van der Waals surface area contributed by atoms with E-state index in [1.54, 1.807) is 6.92 Å². The second-order valence-electron chi connectivity index (χ2n) is 3.34. The molecule has 1 unspecified atom stereocenters. The van der Waals surface area contributed by atoms with Crippen LogP contribution in [0.5, 0.6) is 5.75 Å². The number of halogens is 1. The number of benzene rings is 1. The molecule has 88 valence electrons. The predicted molar refractivity (Wildman–Crippen MR) is 56.4 cm³/mol. The summed E-state index contributed by atoms with van der Waals surface area (Å²) in [6.07, 6.45) is 0.0466. The monoisotopic (exact) mass is 227 g/mol. The van der Waals surface area contributed by atoms with E-state index in [9.17, 15) is 9.18 Å². The van der Waals surface area contributed by atoms with Crippen LogP contribution in [0.1, 0.15) is 12.5 Å².